The molecule has 0 radical (unpaired) electrons. The van der Waals surface area contributed by atoms with Gasteiger partial charge in [-0.15, -0.1) is 0 Å². The Labute approximate surface area is 169 Å². The van der Waals surface area contributed by atoms with Crippen molar-refractivity contribution in [3.05, 3.63) is 89.5 Å². The van der Waals surface area contributed by atoms with Crippen LogP contribution < -0.4 is 15.4 Å². The second-order valence-corrected chi connectivity index (χ2v) is 6.39. The number of carbonyl (C=O) groups is 1. The summed E-state index contributed by atoms with van der Waals surface area (Å²) in [6.07, 6.45) is 0. The molecular formula is C23H21N3O3. The summed E-state index contributed by atoms with van der Waals surface area (Å²) in [7, 11) is 1.52. The maximum Gasteiger partial charge on any atom is 0.247 e. The van der Waals surface area contributed by atoms with Gasteiger partial charge in [0.05, 0.1) is 18.7 Å². The number of nitrogens with one attached hydrogen (secondary N) is 2. The van der Waals surface area contributed by atoms with Gasteiger partial charge in [0.2, 0.25) is 5.91 Å². The summed E-state index contributed by atoms with van der Waals surface area (Å²) in [6, 6.07) is 22.3. The van der Waals surface area contributed by atoms with Crippen LogP contribution in [0.5, 0.6) is 11.5 Å². The number of nitriles is 1. The Morgan fingerprint density at radius 3 is 2.48 bits per heavy atom. The zero-order chi connectivity index (χ0) is 20.6. The van der Waals surface area contributed by atoms with Gasteiger partial charge in [-0.2, -0.15) is 5.26 Å². The predicted molar refractivity (Wildman–Crippen MR) is 110 cm³/mol. The van der Waals surface area contributed by atoms with Crippen LogP contribution >= 0.6 is 0 Å². The summed E-state index contributed by atoms with van der Waals surface area (Å²) in [5.74, 6) is 0.203. The van der Waals surface area contributed by atoms with E-state index in [1.54, 1.807) is 36.4 Å². The third-order valence-electron chi connectivity index (χ3n) is 4.44. The van der Waals surface area contributed by atoms with E-state index in [9.17, 15) is 9.90 Å². The molecule has 146 valence electrons. The Morgan fingerprint density at radius 2 is 1.83 bits per heavy atom. The van der Waals surface area contributed by atoms with Crippen molar-refractivity contribution in [3.63, 3.8) is 0 Å². The van der Waals surface area contributed by atoms with Crippen LogP contribution in [0.25, 0.3) is 0 Å². The molecule has 0 heterocycles. The number of rotatable bonds is 7. The van der Waals surface area contributed by atoms with Crippen LogP contribution in [0, 0.1) is 11.3 Å². The monoisotopic (exact) mass is 387 g/mol. The Hall–Kier alpha value is -3.98. The molecule has 0 aromatic heterocycles. The number of amides is 1. The van der Waals surface area contributed by atoms with Gasteiger partial charge in [0.15, 0.2) is 0 Å². The van der Waals surface area contributed by atoms with E-state index in [1.807, 2.05) is 30.3 Å². The average Bonchev–Trinajstić information content (AvgIpc) is 2.77. The predicted octanol–water partition coefficient (Wildman–Crippen LogP) is 3.74. The number of aromatic hydroxyl groups is 1. The van der Waals surface area contributed by atoms with Crippen molar-refractivity contribution in [2.24, 2.45) is 0 Å². The third-order valence-corrected chi connectivity index (χ3v) is 4.44. The van der Waals surface area contributed by atoms with Gasteiger partial charge in [0, 0.05) is 17.8 Å². The lowest BCUT2D eigenvalue weighted by Crippen LogP contribution is -2.33. The number of anilines is 1. The fraction of sp³-hybridized carbons (Fsp3) is 0.130. The number of hydrogen-bond donors (Lipinski definition) is 3. The van der Waals surface area contributed by atoms with E-state index in [0.717, 1.165) is 5.56 Å². The van der Waals surface area contributed by atoms with Crippen LogP contribution in [0.1, 0.15) is 22.7 Å². The second kappa shape index (κ2) is 9.29. The molecule has 3 aromatic carbocycles. The largest absolute Gasteiger partial charge is 0.508 e. The summed E-state index contributed by atoms with van der Waals surface area (Å²) in [4.78, 5) is 13.0. The normalized spacial score (nSPS) is 11.2. The van der Waals surface area contributed by atoms with Crippen molar-refractivity contribution >= 4 is 11.6 Å². The first-order chi connectivity index (χ1) is 14.1. The highest BCUT2D eigenvalue weighted by Gasteiger charge is 2.24. The first-order valence-corrected chi connectivity index (χ1v) is 9.06. The standard InChI is InChI=1S/C23H21N3O3/c1-29-19-11-12-21(27)20(13-19)22(26-18-9-7-16(14-24)8-10-18)23(28)25-15-17-5-3-2-4-6-17/h2-13,22,26-27H,15H2,1H3,(H,25,28)/t22-/m0/s1. The highest BCUT2D eigenvalue weighted by atomic mass is 16.5. The minimum atomic E-state index is -0.859. The fourth-order valence-corrected chi connectivity index (χ4v) is 2.87. The fourth-order valence-electron chi connectivity index (χ4n) is 2.87. The van der Waals surface area contributed by atoms with Crippen molar-refractivity contribution in [2.45, 2.75) is 12.6 Å². The molecule has 0 saturated carbocycles. The zero-order valence-electron chi connectivity index (χ0n) is 15.9. The highest BCUT2D eigenvalue weighted by Crippen LogP contribution is 2.31. The quantitative estimate of drug-likeness (QED) is 0.574. The van der Waals surface area contributed by atoms with Gasteiger partial charge in [-0.25, -0.2) is 0 Å². The van der Waals surface area contributed by atoms with Gasteiger partial charge in [-0.1, -0.05) is 30.3 Å². The number of nitrogens with zero attached hydrogens (tertiary/aromatic N) is 1. The molecule has 3 aromatic rings. The average molecular weight is 387 g/mol. The topological polar surface area (TPSA) is 94.4 Å². The molecule has 6 heteroatoms. The Bertz CT molecular complexity index is 1010. The molecular weight excluding hydrogens is 366 g/mol. The van der Waals surface area contributed by atoms with Gasteiger partial charge >= 0.3 is 0 Å². The molecule has 6 nitrogen and oxygen atoms in total. The van der Waals surface area contributed by atoms with Crippen LogP contribution in [-0.2, 0) is 11.3 Å². The van der Waals surface area contributed by atoms with Crippen molar-refractivity contribution in [3.8, 4) is 17.6 Å². The van der Waals surface area contributed by atoms with Gasteiger partial charge < -0.3 is 20.5 Å². The van der Waals surface area contributed by atoms with E-state index in [4.69, 9.17) is 10.00 Å². The molecule has 0 saturated heterocycles. The van der Waals surface area contributed by atoms with Crippen molar-refractivity contribution < 1.29 is 14.6 Å². The highest BCUT2D eigenvalue weighted by molar-refractivity contribution is 5.87. The molecule has 29 heavy (non-hydrogen) atoms. The minimum absolute atomic E-state index is 0.0215. The molecule has 0 unspecified atom stereocenters. The number of phenols is 1. The Kier molecular flexibility index (Phi) is 6.33. The molecule has 1 atom stereocenters. The third kappa shape index (κ3) is 5.05. The van der Waals surface area contributed by atoms with Gasteiger partial charge in [0.25, 0.3) is 0 Å². The molecule has 0 aliphatic rings. The molecule has 0 fully saturated rings. The summed E-state index contributed by atoms with van der Waals surface area (Å²) >= 11 is 0. The number of carbonyl (C=O) groups excluding carboxylic acids is 1. The first-order valence-electron chi connectivity index (χ1n) is 9.06. The number of methoxy groups -OCH3 is 1. The van der Waals surface area contributed by atoms with Crippen LogP contribution in [0.3, 0.4) is 0 Å². The molecule has 3 N–H and O–H groups in total. The van der Waals surface area contributed by atoms with E-state index in [1.165, 1.54) is 13.2 Å². The maximum atomic E-state index is 13.0. The van der Waals surface area contributed by atoms with Gasteiger partial charge in [-0.3, -0.25) is 4.79 Å². The van der Waals surface area contributed by atoms with E-state index in [-0.39, 0.29) is 11.7 Å². The molecule has 0 aliphatic heterocycles. The van der Waals surface area contributed by atoms with Gasteiger partial charge in [0.1, 0.15) is 17.5 Å². The molecule has 1 amide bonds. The minimum Gasteiger partial charge on any atom is -0.508 e. The van der Waals surface area contributed by atoms with E-state index < -0.39 is 6.04 Å². The molecule has 0 spiro atoms. The number of hydrogen-bond acceptors (Lipinski definition) is 5. The maximum absolute atomic E-state index is 13.0. The van der Waals surface area contributed by atoms with Crippen LogP contribution in [0.4, 0.5) is 5.69 Å². The second-order valence-electron chi connectivity index (χ2n) is 6.39. The first kappa shape index (κ1) is 19.8. The van der Waals surface area contributed by atoms with Crippen molar-refractivity contribution in [1.82, 2.24) is 5.32 Å². The Morgan fingerprint density at radius 1 is 1.10 bits per heavy atom. The molecule has 0 aliphatic carbocycles. The summed E-state index contributed by atoms with van der Waals surface area (Å²) in [6.45, 7) is 0.357. The van der Waals surface area contributed by atoms with Gasteiger partial charge in [-0.05, 0) is 48.0 Å². The SMILES string of the molecule is COc1ccc(O)c([C@H](Nc2ccc(C#N)cc2)C(=O)NCc2ccccc2)c1. The molecule has 0 bridgehead atoms. The zero-order valence-corrected chi connectivity index (χ0v) is 15.9. The molecule has 3 rings (SSSR count). The van der Waals surface area contributed by atoms with Crippen LogP contribution in [-0.4, -0.2) is 18.1 Å². The van der Waals surface area contributed by atoms with Crippen molar-refractivity contribution in [1.29, 1.82) is 5.26 Å². The van der Waals surface area contributed by atoms with E-state index in [2.05, 4.69) is 16.7 Å². The lowest BCUT2D eigenvalue weighted by Gasteiger charge is -2.21. The lowest BCUT2D eigenvalue weighted by atomic mass is 10.0. The smallest absolute Gasteiger partial charge is 0.247 e. The summed E-state index contributed by atoms with van der Waals surface area (Å²) < 4.78 is 5.24. The Balaban J connectivity index is 1.87. The van der Waals surface area contributed by atoms with E-state index >= 15 is 0 Å². The summed E-state index contributed by atoms with van der Waals surface area (Å²) in [5, 5.41) is 25.4. The van der Waals surface area contributed by atoms with Crippen molar-refractivity contribution in [2.75, 3.05) is 12.4 Å². The lowest BCUT2D eigenvalue weighted by molar-refractivity contribution is -0.122. The number of phenolic OH excluding ortho intramolecular Hbond substituents is 1. The number of ether oxygens (including phenoxy) is 1. The van der Waals surface area contributed by atoms with Crippen LogP contribution in [0.15, 0.2) is 72.8 Å². The van der Waals surface area contributed by atoms with E-state index in [0.29, 0.717) is 29.1 Å². The summed E-state index contributed by atoms with van der Waals surface area (Å²) in [5.41, 5.74) is 2.52. The number of benzene rings is 3. The van der Waals surface area contributed by atoms with Crippen LogP contribution in [0.2, 0.25) is 0 Å².